The summed E-state index contributed by atoms with van der Waals surface area (Å²) < 4.78 is 15.9. The first kappa shape index (κ1) is 23.9. The molecule has 0 aliphatic carbocycles. The van der Waals surface area contributed by atoms with Gasteiger partial charge in [0.05, 0.1) is 18.6 Å². The van der Waals surface area contributed by atoms with Gasteiger partial charge in [-0.25, -0.2) is 0 Å². The number of nitro groups is 1. The van der Waals surface area contributed by atoms with Crippen molar-refractivity contribution >= 4 is 29.2 Å². The average Bonchev–Trinajstić information content (AvgIpc) is 2.72. The summed E-state index contributed by atoms with van der Waals surface area (Å²) in [5.74, 6) is -0.573. The third-order valence-corrected chi connectivity index (χ3v) is 4.47. The minimum atomic E-state index is -0.610. The van der Waals surface area contributed by atoms with Gasteiger partial charge < -0.3 is 19.1 Å². The van der Waals surface area contributed by atoms with Crippen molar-refractivity contribution in [2.24, 2.45) is 0 Å². The molecule has 0 saturated heterocycles. The topological polar surface area (TPSA) is 108 Å². The van der Waals surface area contributed by atoms with Crippen LogP contribution in [0.3, 0.4) is 0 Å². The highest BCUT2D eigenvalue weighted by molar-refractivity contribution is 6.30. The Balaban J connectivity index is 2.33. The fraction of sp³-hybridized carbons (Fsp3) is 0.333. The van der Waals surface area contributed by atoms with Crippen LogP contribution in [0.2, 0.25) is 5.02 Å². The van der Waals surface area contributed by atoms with Gasteiger partial charge in [0.2, 0.25) is 5.75 Å². The van der Waals surface area contributed by atoms with Gasteiger partial charge in [0, 0.05) is 22.7 Å². The maximum Gasteiger partial charge on any atom is 0.325 e. The first-order valence-electron chi connectivity index (χ1n) is 9.44. The maximum absolute atomic E-state index is 13.0. The lowest BCUT2D eigenvalue weighted by Gasteiger charge is -2.26. The maximum atomic E-state index is 13.0. The van der Waals surface area contributed by atoms with Gasteiger partial charge in [-0.3, -0.25) is 19.7 Å². The molecule has 0 aromatic heterocycles. The Morgan fingerprint density at radius 1 is 1.13 bits per heavy atom. The Labute approximate surface area is 184 Å². The number of hydrogen-bond acceptors (Lipinski definition) is 7. The summed E-state index contributed by atoms with van der Waals surface area (Å²) in [6, 6.07) is 8.16. The highest BCUT2D eigenvalue weighted by Gasteiger charge is 2.24. The zero-order chi connectivity index (χ0) is 23.1. The largest absolute Gasteiger partial charge is 0.493 e. The van der Waals surface area contributed by atoms with Crippen LogP contribution < -0.4 is 9.47 Å². The van der Waals surface area contributed by atoms with Crippen LogP contribution in [-0.4, -0.2) is 48.0 Å². The van der Waals surface area contributed by atoms with E-state index in [1.165, 1.54) is 48.4 Å². The number of nitro benzene ring substituents is 1. The van der Waals surface area contributed by atoms with Gasteiger partial charge in [0.1, 0.15) is 6.54 Å². The standard InChI is InChI=1S/C21H23ClN2O7/c1-5-30-20(25)12-23(13(2)3)21(26)14-6-8-18(19(10-14)29-4)31-17-9-7-15(22)11-16(17)24(27)28/h6-11,13H,5,12H2,1-4H3. The smallest absolute Gasteiger partial charge is 0.325 e. The molecule has 0 aliphatic rings. The van der Waals surface area contributed by atoms with Crippen molar-refractivity contribution in [3.05, 3.63) is 57.1 Å². The van der Waals surface area contributed by atoms with Crippen molar-refractivity contribution in [3.8, 4) is 17.2 Å². The fourth-order valence-electron chi connectivity index (χ4n) is 2.72. The number of carbonyl (C=O) groups is 2. The van der Waals surface area contributed by atoms with Crippen LogP contribution in [0.5, 0.6) is 17.2 Å². The molecule has 2 aromatic carbocycles. The number of nitrogens with zero attached hydrogens (tertiary/aromatic N) is 2. The second kappa shape index (κ2) is 10.6. The number of halogens is 1. The normalized spacial score (nSPS) is 10.5. The molecule has 9 nitrogen and oxygen atoms in total. The quantitative estimate of drug-likeness (QED) is 0.315. The third kappa shape index (κ3) is 6.08. The van der Waals surface area contributed by atoms with Crippen LogP contribution in [0.4, 0.5) is 5.69 Å². The minimum absolute atomic E-state index is 0.0297. The molecular weight excluding hydrogens is 428 g/mol. The fourth-order valence-corrected chi connectivity index (χ4v) is 2.89. The molecule has 10 heteroatoms. The Morgan fingerprint density at radius 3 is 2.39 bits per heavy atom. The van der Waals surface area contributed by atoms with Crippen LogP contribution >= 0.6 is 11.6 Å². The van der Waals surface area contributed by atoms with E-state index in [1.54, 1.807) is 20.8 Å². The van der Waals surface area contributed by atoms with Gasteiger partial charge in [-0.2, -0.15) is 0 Å². The molecule has 0 unspecified atom stereocenters. The SMILES string of the molecule is CCOC(=O)CN(C(=O)c1ccc(Oc2ccc(Cl)cc2[N+](=O)[O-])c(OC)c1)C(C)C. The molecule has 166 valence electrons. The molecule has 2 rings (SSSR count). The molecule has 0 saturated carbocycles. The van der Waals surface area contributed by atoms with Gasteiger partial charge in [0.15, 0.2) is 11.5 Å². The van der Waals surface area contributed by atoms with Crippen molar-refractivity contribution in [2.75, 3.05) is 20.3 Å². The van der Waals surface area contributed by atoms with Gasteiger partial charge >= 0.3 is 11.7 Å². The Kier molecular flexibility index (Phi) is 8.21. The highest BCUT2D eigenvalue weighted by atomic mass is 35.5. The number of amides is 1. The molecule has 2 aromatic rings. The number of ether oxygens (including phenoxy) is 3. The predicted molar refractivity (Wildman–Crippen MR) is 114 cm³/mol. The summed E-state index contributed by atoms with van der Waals surface area (Å²) in [4.78, 5) is 36.9. The van der Waals surface area contributed by atoms with Crippen molar-refractivity contribution in [1.82, 2.24) is 4.90 Å². The van der Waals surface area contributed by atoms with Crippen LogP contribution in [-0.2, 0) is 9.53 Å². The molecule has 31 heavy (non-hydrogen) atoms. The molecular formula is C21H23ClN2O7. The van der Waals surface area contributed by atoms with Crippen molar-refractivity contribution in [1.29, 1.82) is 0 Å². The Hall–Kier alpha value is -3.33. The number of methoxy groups -OCH3 is 1. The van der Waals surface area contributed by atoms with E-state index in [0.717, 1.165) is 0 Å². The third-order valence-electron chi connectivity index (χ3n) is 4.24. The van der Waals surface area contributed by atoms with E-state index < -0.39 is 16.8 Å². The number of rotatable bonds is 9. The van der Waals surface area contributed by atoms with Gasteiger partial charge in [-0.1, -0.05) is 11.6 Å². The first-order valence-corrected chi connectivity index (χ1v) is 9.82. The lowest BCUT2D eigenvalue weighted by molar-refractivity contribution is -0.385. The molecule has 0 N–H and O–H groups in total. The lowest BCUT2D eigenvalue weighted by Crippen LogP contribution is -2.41. The van der Waals surface area contributed by atoms with Crippen molar-refractivity contribution in [3.63, 3.8) is 0 Å². The monoisotopic (exact) mass is 450 g/mol. The summed E-state index contributed by atoms with van der Waals surface area (Å²) in [7, 11) is 1.38. The van der Waals surface area contributed by atoms with Crippen LogP contribution in [0.1, 0.15) is 31.1 Å². The molecule has 1 amide bonds. The summed E-state index contributed by atoms with van der Waals surface area (Å²) in [6.07, 6.45) is 0. The lowest BCUT2D eigenvalue weighted by atomic mass is 10.1. The Morgan fingerprint density at radius 2 is 1.81 bits per heavy atom. The van der Waals surface area contributed by atoms with E-state index in [-0.39, 0.29) is 52.7 Å². The van der Waals surface area contributed by atoms with E-state index in [2.05, 4.69) is 0 Å². The van der Waals surface area contributed by atoms with E-state index in [1.807, 2.05) is 0 Å². The second-order valence-corrected chi connectivity index (χ2v) is 7.11. The highest BCUT2D eigenvalue weighted by Crippen LogP contribution is 2.38. The number of hydrogen-bond donors (Lipinski definition) is 0. The molecule has 0 aliphatic heterocycles. The van der Waals surface area contributed by atoms with Crippen LogP contribution in [0.25, 0.3) is 0 Å². The predicted octanol–water partition coefficient (Wildman–Crippen LogP) is 4.46. The van der Waals surface area contributed by atoms with E-state index in [4.69, 9.17) is 25.8 Å². The molecule has 0 heterocycles. The summed E-state index contributed by atoms with van der Waals surface area (Å²) >= 11 is 5.83. The number of carbonyl (C=O) groups excluding carboxylic acids is 2. The molecule has 0 atom stereocenters. The van der Waals surface area contributed by atoms with E-state index in [9.17, 15) is 19.7 Å². The summed E-state index contributed by atoms with van der Waals surface area (Å²) in [6.45, 7) is 5.28. The van der Waals surface area contributed by atoms with Crippen molar-refractivity contribution < 1.29 is 28.7 Å². The zero-order valence-electron chi connectivity index (χ0n) is 17.6. The first-order chi connectivity index (χ1) is 14.7. The van der Waals surface area contributed by atoms with Gasteiger partial charge in [-0.05, 0) is 51.1 Å². The number of benzene rings is 2. The van der Waals surface area contributed by atoms with Gasteiger partial charge in [-0.15, -0.1) is 0 Å². The molecule has 0 bridgehead atoms. The molecule has 0 radical (unpaired) electrons. The zero-order valence-corrected chi connectivity index (χ0v) is 18.3. The Bertz CT molecular complexity index is 978. The van der Waals surface area contributed by atoms with Crippen molar-refractivity contribution in [2.45, 2.75) is 26.8 Å². The summed E-state index contributed by atoms with van der Waals surface area (Å²) in [5.41, 5.74) is -0.0528. The van der Waals surface area contributed by atoms with Crippen LogP contribution in [0, 0.1) is 10.1 Å². The summed E-state index contributed by atoms with van der Waals surface area (Å²) in [5, 5.41) is 11.5. The van der Waals surface area contributed by atoms with Crippen LogP contribution in [0.15, 0.2) is 36.4 Å². The molecule has 0 spiro atoms. The minimum Gasteiger partial charge on any atom is -0.493 e. The van der Waals surface area contributed by atoms with Gasteiger partial charge in [0.25, 0.3) is 5.91 Å². The molecule has 0 fully saturated rings. The van der Waals surface area contributed by atoms with E-state index >= 15 is 0 Å². The number of esters is 1. The average molecular weight is 451 g/mol. The second-order valence-electron chi connectivity index (χ2n) is 6.67. The van der Waals surface area contributed by atoms with E-state index in [0.29, 0.717) is 0 Å².